The van der Waals surface area contributed by atoms with Gasteiger partial charge in [-0.15, -0.1) is 0 Å². The van der Waals surface area contributed by atoms with Gasteiger partial charge in [0.2, 0.25) is 0 Å². The SMILES string of the molecule is CSCC(C)(C)C(C)(C)OC[C@H]1O[C@@H](n2ccc(=O)[nH]c2=O)C(CC(C)(C)[Si](C)(C)O)C1O. The summed E-state index contributed by atoms with van der Waals surface area (Å²) in [5, 5.41) is 10.9. The number of nitrogens with zero attached hydrogens (tertiary/aromatic N) is 1. The van der Waals surface area contributed by atoms with Crippen molar-refractivity contribution >= 4 is 20.1 Å². The molecule has 1 fully saturated rings. The van der Waals surface area contributed by atoms with Crippen molar-refractivity contribution in [2.24, 2.45) is 11.3 Å². The number of rotatable bonds is 10. The zero-order valence-electron chi connectivity index (χ0n) is 21.5. The highest BCUT2D eigenvalue weighted by atomic mass is 32.2. The van der Waals surface area contributed by atoms with Crippen LogP contribution in [0.15, 0.2) is 21.9 Å². The molecule has 1 saturated heterocycles. The van der Waals surface area contributed by atoms with Gasteiger partial charge in [-0.05, 0) is 44.7 Å². The van der Waals surface area contributed by atoms with Crippen molar-refractivity contribution in [1.29, 1.82) is 0 Å². The Hall–Kier alpha value is -0.913. The van der Waals surface area contributed by atoms with Gasteiger partial charge in [0.05, 0.1) is 18.3 Å². The standard InChI is InChI=1S/C23H42N2O6SSi/c1-21(2,14-32-7)23(5,6)30-13-16-18(27)15(12-22(3,4)33(8,9)29)19(31-16)25-11-10-17(26)24-20(25)28/h10-11,15-16,18-19,27,29H,12-14H2,1-9H3,(H,24,26,28)/t15?,16-,18?,19-/m1/s1. The molecule has 33 heavy (non-hydrogen) atoms. The lowest BCUT2D eigenvalue weighted by Gasteiger charge is -2.42. The number of hydrogen-bond acceptors (Lipinski definition) is 7. The fourth-order valence-corrected chi connectivity index (χ4v) is 5.73. The van der Waals surface area contributed by atoms with E-state index in [0.717, 1.165) is 5.75 Å². The highest BCUT2D eigenvalue weighted by Crippen LogP contribution is 2.48. The third kappa shape index (κ3) is 6.21. The minimum Gasteiger partial charge on any atom is -0.432 e. The van der Waals surface area contributed by atoms with Gasteiger partial charge in [-0.1, -0.05) is 27.7 Å². The maximum Gasteiger partial charge on any atom is 0.330 e. The van der Waals surface area contributed by atoms with Crippen molar-refractivity contribution in [3.8, 4) is 0 Å². The molecule has 8 nitrogen and oxygen atoms in total. The maximum absolute atomic E-state index is 12.5. The lowest BCUT2D eigenvalue weighted by molar-refractivity contribution is -0.138. The fourth-order valence-electron chi connectivity index (χ4n) is 3.92. The van der Waals surface area contributed by atoms with Crippen LogP contribution in [0.4, 0.5) is 0 Å². The molecule has 190 valence electrons. The molecule has 2 rings (SSSR count). The molecule has 0 aliphatic carbocycles. The predicted octanol–water partition coefficient (Wildman–Crippen LogP) is 2.96. The maximum atomic E-state index is 12.5. The second-order valence-corrected chi connectivity index (χ2v) is 16.9. The first-order valence-corrected chi connectivity index (χ1v) is 15.8. The summed E-state index contributed by atoms with van der Waals surface area (Å²) in [7, 11) is -2.58. The third-order valence-corrected chi connectivity index (χ3v) is 12.3. The molecule has 1 aromatic heterocycles. The van der Waals surface area contributed by atoms with Crippen LogP contribution in [0.2, 0.25) is 18.1 Å². The first-order valence-electron chi connectivity index (χ1n) is 11.4. The second kappa shape index (κ2) is 9.99. The Bertz CT molecular complexity index is 921. The van der Waals surface area contributed by atoms with Crippen LogP contribution in [0.1, 0.15) is 54.2 Å². The normalized spacial score (nSPS) is 24.9. The summed E-state index contributed by atoms with van der Waals surface area (Å²) < 4.78 is 13.8. The van der Waals surface area contributed by atoms with E-state index in [2.05, 4.69) is 25.1 Å². The van der Waals surface area contributed by atoms with Crippen molar-refractivity contribution < 1.29 is 19.4 Å². The lowest BCUT2D eigenvalue weighted by atomic mass is 9.78. The van der Waals surface area contributed by atoms with Crippen LogP contribution < -0.4 is 11.2 Å². The lowest BCUT2D eigenvalue weighted by Crippen LogP contribution is -2.46. The molecular weight excluding hydrogens is 460 g/mol. The van der Waals surface area contributed by atoms with Gasteiger partial charge in [-0.3, -0.25) is 14.3 Å². The largest absolute Gasteiger partial charge is 0.432 e. The molecule has 0 aromatic carbocycles. The summed E-state index contributed by atoms with van der Waals surface area (Å²) in [4.78, 5) is 37.2. The zero-order valence-corrected chi connectivity index (χ0v) is 23.3. The van der Waals surface area contributed by atoms with Crippen molar-refractivity contribution in [2.75, 3.05) is 18.6 Å². The third-order valence-electron chi connectivity index (χ3n) is 7.77. The van der Waals surface area contributed by atoms with E-state index < -0.39 is 54.6 Å². The van der Waals surface area contributed by atoms with E-state index in [-0.39, 0.29) is 12.0 Å². The number of aliphatic hydroxyl groups excluding tert-OH is 1. The topological polar surface area (TPSA) is 114 Å². The Balaban J connectivity index is 2.34. The minimum atomic E-state index is -2.58. The van der Waals surface area contributed by atoms with Gasteiger partial charge in [0.15, 0.2) is 8.32 Å². The molecule has 1 aromatic rings. The number of aromatic nitrogens is 2. The van der Waals surface area contributed by atoms with Crippen molar-refractivity contribution in [1.82, 2.24) is 9.55 Å². The first-order chi connectivity index (χ1) is 14.9. The minimum absolute atomic E-state index is 0.112. The van der Waals surface area contributed by atoms with E-state index in [1.807, 2.05) is 40.8 Å². The van der Waals surface area contributed by atoms with E-state index in [4.69, 9.17) is 9.47 Å². The van der Waals surface area contributed by atoms with Crippen LogP contribution in [0.5, 0.6) is 0 Å². The van der Waals surface area contributed by atoms with E-state index >= 15 is 0 Å². The van der Waals surface area contributed by atoms with Crippen LogP contribution in [0.3, 0.4) is 0 Å². The van der Waals surface area contributed by atoms with Gasteiger partial charge in [0.25, 0.3) is 5.56 Å². The molecule has 1 aliphatic rings. The fraction of sp³-hybridized carbons (Fsp3) is 0.826. The summed E-state index contributed by atoms with van der Waals surface area (Å²) in [6, 6.07) is 1.27. The highest BCUT2D eigenvalue weighted by molar-refractivity contribution is 7.98. The van der Waals surface area contributed by atoms with Gasteiger partial charge >= 0.3 is 5.69 Å². The van der Waals surface area contributed by atoms with Gasteiger partial charge in [0.1, 0.15) is 12.3 Å². The number of thioether (sulfide) groups is 1. The molecule has 1 aliphatic heterocycles. The summed E-state index contributed by atoms with van der Waals surface area (Å²) >= 11 is 1.76. The smallest absolute Gasteiger partial charge is 0.330 e. The average Bonchev–Trinajstić information content (AvgIpc) is 2.94. The number of aromatic amines is 1. The molecule has 0 spiro atoms. The summed E-state index contributed by atoms with van der Waals surface area (Å²) in [5.74, 6) is 0.453. The molecule has 10 heteroatoms. The Morgan fingerprint density at radius 1 is 1.21 bits per heavy atom. The van der Waals surface area contributed by atoms with E-state index in [9.17, 15) is 19.5 Å². The number of nitrogens with one attached hydrogen (secondary N) is 1. The van der Waals surface area contributed by atoms with E-state index in [0.29, 0.717) is 6.42 Å². The van der Waals surface area contributed by atoms with Crippen LogP contribution in [0.25, 0.3) is 0 Å². The molecule has 0 radical (unpaired) electrons. The van der Waals surface area contributed by atoms with Crippen molar-refractivity contribution in [2.45, 2.75) is 90.1 Å². The van der Waals surface area contributed by atoms with Gasteiger partial charge in [-0.25, -0.2) is 4.79 Å². The van der Waals surface area contributed by atoms with E-state index in [1.54, 1.807) is 11.8 Å². The Kier molecular flexibility index (Phi) is 8.57. The molecule has 2 heterocycles. The quantitative estimate of drug-likeness (QED) is 0.422. The monoisotopic (exact) mass is 502 g/mol. The first kappa shape index (κ1) is 28.3. The van der Waals surface area contributed by atoms with Gasteiger partial charge in [0, 0.05) is 29.3 Å². The number of hydrogen-bond donors (Lipinski definition) is 3. The van der Waals surface area contributed by atoms with Gasteiger partial charge < -0.3 is 19.4 Å². The Morgan fingerprint density at radius 3 is 2.33 bits per heavy atom. The zero-order chi connectivity index (χ0) is 25.4. The van der Waals surface area contributed by atoms with Crippen LogP contribution in [0, 0.1) is 11.3 Å². The van der Waals surface area contributed by atoms with Crippen molar-refractivity contribution in [3.05, 3.63) is 33.1 Å². The predicted molar refractivity (Wildman–Crippen MR) is 135 cm³/mol. The molecule has 3 N–H and O–H groups in total. The van der Waals surface area contributed by atoms with Crippen LogP contribution in [-0.4, -0.2) is 64.2 Å². The summed E-state index contributed by atoms with van der Waals surface area (Å²) in [5.41, 5.74) is -1.67. The Morgan fingerprint density at radius 2 is 1.82 bits per heavy atom. The molecule has 0 saturated carbocycles. The van der Waals surface area contributed by atoms with Crippen LogP contribution in [-0.2, 0) is 9.47 Å². The van der Waals surface area contributed by atoms with Crippen LogP contribution >= 0.6 is 11.8 Å². The molecule has 4 atom stereocenters. The molecule has 0 amide bonds. The average molecular weight is 503 g/mol. The highest BCUT2D eigenvalue weighted by Gasteiger charge is 2.51. The Labute approximate surface area is 202 Å². The van der Waals surface area contributed by atoms with E-state index in [1.165, 1.54) is 16.8 Å². The van der Waals surface area contributed by atoms with Gasteiger partial charge in [-0.2, -0.15) is 11.8 Å². The molecular formula is C23H42N2O6SSi. The second-order valence-electron chi connectivity index (χ2n) is 11.5. The molecule has 2 unspecified atom stereocenters. The summed E-state index contributed by atoms with van der Waals surface area (Å²) in [6.07, 6.45) is 1.58. The number of H-pyrrole nitrogens is 1. The number of ether oxygens (including phenoxy) is 2. The summed E-state index contributed by atoms with van der Waals surface area (Å²) in [6.45, 7) is 16.2. The van der Waals surface area contributed by atoms with Crippen molar-refractivity contribution in [3.63, 3.8) is 0 Å². The molecule has 0 bridgehead atoms. The number of aliphatic hydroxyl groups is 1.